The molecule has 0 unspecified atom stereocenters. The zero-order chi connectivity index (χ0) is 17.4. The van der Waals surface area contributed by atoms with E-state index in [0.29, 0.717) is 0 Å². The molecule has 2 aromatic rings. The van der Waals surface area contributed by atoms with Crippen molar-refractivity contribution in [1.82, 2.24) is 20.2 Å². The fourth-order valence-corrected chi connectivity index (χ4v) is 4.36. The molecule has 1 fully saturated rings. The van der Waals surface area contributed by atoms with E-state index in [1.165, 1.54) is 59.6 Å². The Labute approximate surface area is 151 Å². The number of rotatable bonds is 3. The van der Waals surface area contributed by atoms with Gasteiger partial charge in [0, 0.05) is 25.2 Å². The molecular weight excluding hydrogens is 308 g/mol. The number of benzene rings is 1. The number of imidazole rings is 1. The standard InChI is InChI=1S/C21H30N4/c1-14-5-8-25(9-6-14)12-17-10-15(2)11-18(16(17)3)20-21-19(4-7-22-20)23-13-24-21/h10-11,13-14,20,22H,4-9,12H2,1-3H3,(H,23,24)/t20-/m1/s1. The molecule has 1 aromatic carbocycles. The molecule has 0 saturated carbocycles. The van der Waals surface area contributed by atoms with Gasteiger partial charge in [-0.25, -0.2) is 4.98 Å². The van der Waals surface area contributed by atoms with Gasteiger partial charge in [-0.3, -0.25) is 4.90 Å². The van der Waals surface area contributed by atoms with E-state index < -0.39 is 0 Å². The number of hydrogen-bond donors (Lipinski definition) is 2. The smallest absolute Gasteiger partial charge is 0.0926 e. The SMILES string of the molecule is Cc1cc(CN2CCC(C)CC2)c(C)c([C@H]2NCCc3[nH]cnc32)c1. The number of aryl methyl sites for hydroxylation is 1. The van der Waals surface area contributed by atoms with Gasteiger partial charge in [-0.1, -0.05) is 24.6 Å². The number of nitrogens with one attached hydrogen (secondary N) is 2. The zero-order valence-electron chi connectivity index (χ0n) is 15.7. The number of aromatic nitrogens is 2. The molecule has 0 aliphatic carbocycles. The first-order chi connectivity index (χ1) is 12.1. The second-order valence-corrected chi connectivity index (χ2v) is 8.00. The van der Waals surface area contributed by atoms with Crippen LogP contribution in [0.3, 0.4) is 0 Å². The van der Waals surface area contributed by atoms with Crippen LogP contribution in [0, 0.1) is 19.8 Å². The maximum atomic E-state index is 4.61. The van der Waals surface area contributed by atoms with Gasteiger partial charge in [-0.2, -0.15) is 0 Å². The van der Waals surface area contributed by atoms with Gasteiger partial charge in [0.25, 0.3) is 0 Å². The Morgan fingerprint density at radius 1 is 1.20 bits per heavy atom. The summed E-state index contributed by atoms with van der Waals surface area (Å²) in [5.74, 6) is 0.884. The summed E-state index contributed by atoms with van der Waals surface area (Å²) in [6, 6.07) is 4.94. The summed E-state index contributed by atoms with van der Waals surface area (Å²) in [6.07, 6.45) is 5.54. The van der Waals surface area contributed by atoms with E-state index >= 15 is 0 Å². The molecule has 3 heterocycles. The average Bonchev–Trinajstić information content (AvgIpc) is 3.08. The van der Waals surface area contributed by atoms with Crippen LogP contribution in [-0.4, -0.2) is 34.5 Å². The second-order valence-electron chi connectivity index (χ2n) is 8.00. The summed E-state index contributed by atoms with van der Waals surface area (Å²) < 4.78 is 0. The zero-order valence-corrected chi connectivity index (χ0v) is 15.7. The number of piperidine rings is 1. The van der Waals surface area contributed by atoms with Crippen molar-refractivity contribution in [1.29, 1.82) is 0 Å². The highest BCUT2D eigenvalue weighted by atomic mass is 15.1. The van der Waals surface area contributed by atoms with Gasteiger partial charge < -0.3 is 10.3 Å². The van der Waals surface area contributed by atoms with Crippen LogP contribution in [0.4, 0.5) is 0 Å². The van der Waals surface area contributed by atoms with Crippen molar-refractivity contribution in [2.45, 2.75) is 52.6 Å². The third-order valence-corrected chi connectivity index (χ3v) is 6.03. The summed E-state index contributed by atoms with van der Waals surface area (Å²) in [5, 5.41) is 3.69. The minimum Gasteiger partial charge on any atom is -0.348 e. The van der Waals surface area contributed by atoms with E-state index in [0.717, 1.165) is 25.4 Å². The molecule has 0 amide bonds. The Morgan fingerprint density at radius 2 is 2.00 bits per heavy atom. The second kappa shape index (κ2) is 6.93. The van der Waals surface area contributed by atoms with E-state index in [4.69, 9.17) is 0 Å². The van der Waals surface area contributed by atoms with Gasteiger partial charge >= 0.3 is 0 Å². The van der Waals surface area contributed by atoms with Crippen LogP contribution in [0.15, 0.2) is 18.5 Å². The summed E-state index contributed by atoms with van der Waals surface area (Å²) in [4.78, 5) is 10.6. The number of fused-ring (bicyclic) bond motifs is 1. The molecule has 0 bridgehead atoms. The van der Waals surface area contributed by atoms with Gasteiger partial charge in [0.15, 0.2) is 0 Å². The Morgan fingerprint density at radius 3 is 2.80 bits per heavy atom. The predicted octanol–water partition coefficient (Wildman–Crippen LogP) is 3.49. The van der Waals surface area contributed by atoms with Crippen molar-refractivity contribution in [3.8, 4) is 0 Å². The largest absolute Gasteiger partial charge is 0.348 e. The Kier molecular flexibility index (Phi) is 4.65. The first-order valence-corrected chi connectivity index (χ1v) is 9.69. The highest BCUT2D eigenvalue weighted by molar-refractivity contribution is 5.44. The van der Waals surface area contributed by atoms with Gasteiger partial charge in [0.1, 0.15) is 0 Å². The summed E-state index contributed by atoms with van der Waals surface area (Å²) in [5.41, 5.74) is 8.12. The molecule has 1 saturated heterocycles. The highest BCUT2D eigenvalue weighted by Gasteiger charge is 2.26. The molecule has 0 radical (unpaired) electrons. The molecule has 4 rings (SSSR count). The van der Waals surface area contributed by atoms with E-state index in [2.05, 4.69) is 53.1 Å². The van der Waals surface area contributed by atoms with Gasteiger partial charge in [-0.05, 0) is 62.4 Å². The monoisotopic (exact) mass is 338 g/mol. The molecule has 1 atom stereocenters. The molecular formula is C21H30N4. The van der Waals surface area contributed by atoms with Crippen molar-refractivity contribution >= 4 is 0 Å². The number of H-pyrrole nitrogens is 1. The molecule has 134 valence electrons. The van der Waals surface area contributed by atoms with Gasteiger partial charge in [0.2, 0.25) is 0 Å². The molecule has 2 aliphatic rings. The summed E-state index contributed by atoms with van der Waals surface area (Å²) in [7, 11) is 0. The first kappa shape index (κ1) is 16.8. The Hall–Kier alpha value is -1.65. The molecule has 0 spiro atoms. The lowest BCUT2D eigenvalue weighted by atomic mass is 9.89. The van der Waals surface area contributed by atoms with Gasteiger partial charge in [-0.15, -0.1) is 0 Å². The maximum Gasteiger partial charge on any atom is 0.0926 e. The highest BCUT2D eigenvalue weighted by Crippen LogP contribution is 2.31. The summed E-state index contributed by atoms with van der Waals surface area (Å²) in [6.45, 7) is 11.4. The quantitative estimate of drug-likeness (QED) is 0.900. The van der Waals surface area contributed by atoms with Crippen LogP contribution in [0.5, 0.6) is 0 Å². The fourth-order valence-electron chi connectivity index (χ4n) is 4.36. The topological polar surface area (TPSA) is 44.0 Å². The molecule has 2 N–H and O–H groups in total. The molecule has 2 aliphatic heterocycles. The first-order valence-electron chi connectivity index (χ1n) is 9.69. The predicted molar refractivity (Wildman–Crippen MR) is 102 cm³/mol. The molecule has 4 nitrogen and oxygen atoms in total. The number of hydrogen-bond acceptors (Lipinski definition) is 3. The van der Waals surface area contributed by atoms with Crippen LogP contribution in [-0.2, 0) is 13.0 Å². The van der Waals surface area contributed by atoms with Crippen LogP contribution < -0.4 is 5.32 Å². The average molecular weight is 338 g/mol. The van der Waals surface area contributed by atoms with Crippen molar-refractivity contribution in [2.24, 2.45) is 5.92 Å². The fraction of sp³-hybridized carbons (Fsp3) is 0.571. The summed E-state index contributed by atoms with van der Waals surface area (Å²) >= 11 is 0. The van der Waals surface area contributed by atoms with Crippen molar-refractivity contribution in [3.05, 3.63) is 52.1 Å². The lowest BCUT2D eigenvalue weighted by Crippen LogP contribution is -2.33. The van der Waals surface area contributed by atoms with E-state index in [9.17, 15) is 0 Å². The van der Waals surface area contributed by atoms with Crippen LogP contribution in [0.25, 0.3) is 0 Å². The Balaban J connectivity index is 1.63. The van der Waals surface area contributed by atoms with Crippen LogP contribution in [0.1, 0.15) is 59.4 Å². The number of aromatic amines is 1. The lowest BCUT2D eigenvalue weighted by molar-refractivity contribution is 0.185. The maximum absolute atomic E-state index is 4.61. The van der Waals surface area contributed by atoms with Gasteiger partial charge in [0.05, 0.1) is 18.1 Å². The van der Waals surface area contributed by atoms with Crippen molar-refractivity contribution in [3.63, 3.8) is 0 Å². The molecule has 1 aromatic heterocycles. The number of nitrogens with zero attached hydrogens (tertiary/aromatic N) is 2. The van der Waals surface area contributed by atoms with E-state index in [1.807, 2.05) is 6.33 Å². The minimum absolute atomic E-state index is 0.218. The molecule has 25 heavy (non-hydrogen) atoms. The number of likely N-dealkylation sites (tertiary alicyclic amines) is 1. The Bertz CT molecular complexity index is 740. The normalized spacial score (nSPS) is 22.1. The van der Waals surface area contributed by atoms with Crippen molar-refractivity contribution in [2.75, 3.05) is 19.6 Å². The molecule has 4 heteroatoms. The van der Waals surface area contributed by atoms with Crippen molar-refractivity contribution < 1.29 is 0 Å². The van der Waals surface area contributed by atoms with Crippen LogP contribution in [0.2, 0.25) is 0 Å². The third-order valence-electron chi connectivity index (χ3n) is 6.03. The van der Waals surface area contributed by atoms with Crippen LogP contribution >= 0.6 is 0 Å². The van der Waals surface area contributed by atoms with E-state index in [-0.39, 0.29) is 6.04 Å². The van der Waals surface area contributed by atoms with E-state index in [1.54, 1.807) is 0 Å². The lowest BCUT2D eigenvalue weighted by Gasteiger charge is -2.32. The third kappa shape index (κ3) is 3.38. The minimum atomic E-state index is 0.218.